The number of rotatable bonds is 3. The van der Waals surface area contributed by atoms with Crippen molar-refractivity contribution in [2.45, 2.75) is 51.5 Å². The van der Waals surface area contributed by atoms with Gasteiger partial charge in [0.1, 0.15) is 11.0 Å². The van der Waals surface area contributed by atoms with Gasteiger partial charge in [0.05, 0.1) is 0 Å². The SMILES string of the molecule is Cc1csc(-c2nc(Cl)c(C)c(NC3CCC(F)(F)CC3)n2)n1. The lowest BCUT2D eigenvalue weighted by Crippen LogP contribution is -2.32. The maximum atomic E-state index is 13.3. The lowest BCUT2D eigenvalue weighted by Gasteiger charge is -2.29. The van der Waals surface area contributed by atoms with E-state index >= 15 is 0 Å². The molecule has 2 aromatic rings. The molecule has 8 heteroatoms. The number of nitrogens with one attached hydrogen (secondary N) is 1. The smallest absolute Gasteiger partial charge is 0.248 e. The van der Waals surface area contributed by atoms with Crippen molar-refractivity contribution in [2.75, 3.05) is 5.32 Å². The largest absolute Gasteiger partial charge is 0.367 e. The Bertz CT molecular complexity index is 709. The molecule has 0 spiro atoms. The van der Waals surface area contributed by atoms with Gasteiger partial charge in [-0.05, 0) is 26.7 Å². The van der Waals surface area contributed by atoms with E-state index in [-0.39, 0.29) is 18.9 Å². The van der Waals surface area contributed by atoms with Crippen LogP contribution in [0.15, 0.2) is 5.38 Å². The number of aryl methyl sites for hydroxylation is 1. The number of alkyl halides is 2. The van der Waals surface area contributed by atoms with Gasteiger partial charge in [-0.15, -0.1) is 11.3 Å². The molecule has 0 atom stereocenters. The Morgan fingerprint density at radius 3 is 2.52 bits per heavy atom. The summed E-state index contributed by atoms with van der Waals surface area (Å²) in [5.74, 6) is -1.48. The Kier molecular flexibility index (Phi) is 4.51. The van der Waals surface area contributed by atoms with Crippen LogP contribution in [0.3, 0.4) is 0 Å². The Labute approximate surface area is 142 Å². The monoisotopic (exact) mass is 358 g/mol. The number of aromatic nitrogens is 3. The summed E-state index contributed by atoms with van der Waals surface area (Å²) in [7, 11) is 0. The molecule has 124 valence electrons. The zero-order chi connectivity index (χ0) is 16.6. The highest BCUT2D eigenvalue weighted by Gasteiger charge is 2.35. The van der Waals surface area contributed by atoms with E-state index in [4.69, 9.17) is 11.6 Å². The summed E-state index contributed by atoms with van der Waals surface area (Å²) in [5, 5.41) is 6.22. The molecule has 1 N–H and O–H groups in total. The van der Waals surface area contributed by atoms with E-state index in [1.165, 1.54) is 11.3 Å². The first-order chi connectivity index (χ1) is 10.8. The second-order valence-electron chi connectivity index (χ2n) is 5.88. The first-order valence-electron chi connectivity index (χ1n) is 7.45. The summed E-state index contributed by atoms with van der Waals surface area (Å²) in [4.78, 5) is 13.1. The predicted molar refractivity (Wildman–Crippen MR) is 88.4 cm³/mol. The summed E-state index contributed by atoms with van der Waals surface area (Å²) in [6, 6.07) is -0.0230. The van der Waals surface area contributed by atoms with Gasteiger partial charge in [-0.2, -0.15) is 0 Å². The Morgan fingerprint density at radius 1 is 1.22 bits per heavy atom. The minimum absolute atomic E-state index is 0.0230. The lowest BCUT2D eigenvalue weighted by atomic mass is 9.92. The quantitative estimate of drug-likeness (QED) is 0.796. The van der Waals surface area contributed by atoms with Crippen LogP contribution in [0.25, 0.3) is 10.8 Å². The van der Waals surface area contributed by atoms with Crippen molar-refractivity contribution in [3.63, 3.8) is 0 Å². The molecular weight excluding hydrogens is 342 g/mol. The van der Waals surface area contributed by atoms with Gasteiger partial charge < -0.3 is 5.32 Å². The van der Waals surface area contributed by atoms with Crippen LogP contribution in [-0.4, -0.2) is 26.9 Å². The van der Waals surface area contributed by atoms with Gasteiger partial charge in [-0.1, -0.05) is 11.6 Å². The highest BCUT2D eigenvalue weighted by atomic mass is 35.5. The number of nitrogens with zero attached hydrogens (tertiary/aromatic N) is 3. The normalized spacial score (nSPS) is 18.1. The molecule has 0 radical (unpaired) electrons. The van der Waals surface area contributed by atoms with Gasteiger partial charge in [0.15, 0.2) is 10.8 Å². The minimum atomic E-state index is -2.54. The van der Waals surface area contributed by atoms with Crippen molar-refractivity contribution in [1.82, 2.24) is 15.0 Å². The Hall–Kier alpha value is -1.34. The molecule has 3 rings (SSSR count). The van der Waals surface area contributed by atoms with E-state index in [9.17, 15) is 8.78 Å². The van der Waals surface area contributed by atoms with Crippen molar-refractivity contribution in [2.24, 2.45) is 0 Å². The minimum Gasteiger partial charge on any atom is -0.367 e. The fourth-order valence-electron chi connectivity index (χ4n) is 2.56. The van der Waals surface area contributed by atoms with Gasteiger partial charge in [-0.3, -0.25) is 0 Å². The van der Waals surface area contributed by atoms with Gasteiger partial charge in [0.25, 0.3) is 0 Å². The molecule has 1 aliphatic rings. The number of hydrogen-bond donors (Lipinski definition) is 1. The first kappa shape index (κ1) is 16.5. The van der Waals surface area contributed by atoms with Crippen LogP contribution in [0, 0.1) is 13.8 Å². The highest BCUT2D eigenvalue weighted by Crippen LogP contribution is 2.35. The molecule has 0 aromatic carbocycles. The molecule has 1 aliphatic carbocycles. The van der Waals surface area contributed by atoms with Crippen molar-refractivity contribution in [3.05, 3.63) is 21.8 Å². The second kappa shape index (κ2) is 6.28. The van der Waals surface area contributed by atoms with Gasteiger partial charge >= 0.3 is 0 Å². The molecule has 1 fully saturated rings. The molecule has 2 heterocycles. The molecule has 23 heavy (non-hydrogen) atoms. The van der Waals surface area contributed by atoms with Crippen LogP contribution >= 0.6 is 22.9 Å². The molecule has 0 unspecified atom stereocenters. The number of thiazole rings is 1. The van der Waals surface area contributed by atoms with Crippen LogP contribution < -0.4 is 5.32 Å². The van der Waals surface area contributed by atoms with Crippen LogP contribution in [-0.2, 0) is 0 Å². The molecule has 0 bridgehead atoms. The van der Waals surface area contributed by atoms with E-state index < -0.39 is 5.92 Å². The van der Waals surface area contributed by atoms with Crippen molar-refractivity contribution in [3.8, 4) is 10.8 Å². The van der Waals surface area contributed by atoms with Gasteiger partial charge in [0, 0.05) is 35.5 Å². The molecule has 2 aromatic heterocycles. The van der Waals surface area contributed by atoms with Crippen LogP contribution in [0.5, 0.6) is 0 Å². The van der Waals surface area contributed by atoms with Gasteiger partial charge in [0.2, 0.25) is 5.92 Å². The van der Waals surface area contributed by atoms with E-state index in [0.29, 0.717) is 34.6 Å². The second-order valence-corrected chi connectivity index (χ2v) is 7.10. The summed E-state index contributed by atoms with van der Waals surface area (Å²) < 4.78 is 26.5. The average molecular weight is 359 g/mol. The van der Waals surface area contributed by atoms with E-state index in [1.54, 1.807) is 0 Å². The van der Waals surface area contributed by atoms with Crippen molar-refractivity contribution >= 4 is 28.8 Å². The third-order valence-electron chi connectivity index (χ3n) is 3.95. The third kappa shape index (κ3) is 3.77. The molecule has 1 saturated carbocycles. The average Bonchev–Trinajstić information content (AvgIpc) is 2.92. The summed E-state index contributed by atoms with van der Waals surface area (Å²) in [6.45, 7) is 3.72. The standard InChI is InChI=1S/C15H17ClF2N4S/c1-8-7-23-14(19-8)13-21-11(16)9(2)12(22-13)20-10-3-5-15(17,18)6-4-10/h7,10H,3-6H2,1-2H3,(H,20,21,22). The Balaban J connectivity index is 1.83. The van der Waals surface area contributed by atoms with Crippen LogP contribution in [0.2, 0.25) is 5.15 Å². The molecule has 4 nitrogen and oxygen atoms in total. The van der Waals surface area contributed by atoms with Crippen LogP contribution in [0.1, 0.15) is 36.9 Å². The zero-order valence-corrected chi connectivity index (χ0v) is 14.4. The predicted octanol–water partition coefficient (Wildman–Crippen LogP) is 4.86. The molecule has 0 aliphatic heterocycles. The first-order valence-corrected chi connectivity index (χ1v) is 8.71. The zero-order valence-electron chi connectivity index (χ0n) is 12.9. The summed E-state index contributed by atoms with van der Waals surface area (Å²) in [5.41, 5.74) is 1.62. The summed E-state index contributed by atoms with van der Waals surface area (Å²) in [6.07, 6.45) is 0.641. The fourth-order valence-corrected chi connectivity index (χ4v) is 3.46. The number of halogens is 3. The van der Waals surface area contributed by atoms with E-state index in [0.717, 1.165) is 11.3 Å². The number of hydrogen-bond acceptors (Lipinski definition) is 5. The summed E-state index contributed by atoms with van der Waals surface area (Å²) >= 11 is 7.65. The van der Waals surface area contributed by atoms with Crippen LogP contribution in [0.4, 0.5) is 14.6 Å². The Morgan fingerprint density at radius 2 is 1.91 bits per heavy atom. The van der Waals surface area contributed by atoms with Crippen molar-refractivity contribution in [1.29, 1.82) is 0 Å². The van der Waals surface area contributed by atoms with Gasteiger partial charge in [-0.25, -0.2) is 23.7 Å². The molecule has 0 amide bonds. The highest BCUT2D eigenvalue weighted by molar-refractivity contribution is 7.13. The fraction of sp³-hybridized carbons (Fsp3) is 0.533. The van der Waals surface area contributed by atoms with E-state index in [2.05, 4.69) is 20.3 Å². The third-order valence-corrected chi connectivity index (χ3v) is 5.28. The topological polar surface area (TPSA) is 50.7 Å². The lowest BCUT2D eigenvalue weighted by molar-refractivity contribution is -0.0361. The van der Waals surface area contributed by atoms with E-state index in [1.807, 2.05) is 19.2 Å². The van der Waals surface area contributed by atoms with Crippen molar-refractivity contribution < 1.29 is 8.78 Å². The maximum absolute atomic E-state index is 13.3. The molecule has 0 saturated heterocycles. The maximum Gasteiger partial charge on any atom is 0.248 e. The molecular formula is C15H17ClF2N4S. The number of anilines is 1.